The lowest BCUT2D eigenvalue weighted by Gasteiger charge is -2.21. The second-order valence-electron chi connectivity index (χ2n) is 8.07. The lowest BCUT2D eigenvalue weighted by Crippen LogP contribution is -2.28. The van der Waals surface area contributed by atoms with Crippen LogP contribution in [0.5, 0.6) is 17.2 Å². The lowest BCUT2D eigenvalue weighted by molar-refractivity contribution is -0.140. The van der Waals surface area contributed by atoms with Gasteiger partial charge in [-0.25, -0.2) is 0 Å². The normalized spacial score (nSPS) is 13.5. The monoisotopic (exact) mass is 423 g/mol. The van der Waals surface area contributed by atoms with Crippen LogP contribution in [0.3, 0.4) is 0 Å². The fraction of sp³-hybridized carbons (Fsp3) is 0.333. The minimum absolute atomic E-state index is 0.0526. The van der Waals surface area contributed by atoms with E-state index in [4.69, 9.17) is 14.2 Å². The number of fused-ring (bicyclic) bond motifs is 2. The average Bonchev–Trinajstić information content (AvgIpc) is 3.20. The predicted octanol–water partition coefficient (Wildman–Crippen LogP) is 3.79. The molecule has 7 nitrogen and oxygen atoms in total. The molecule has 0 aliphatic carbocycles. The molecular formula is C24H25NO6. The maximum Gasteiger partial charge on any atom is 0.306 e. The Kier molecular flexibility index (Phi) is 5.59. The fourth-order valence-corrected chi connectivity index (χ4v) is 4.01. The summed E-state index contributed by atoms with van der Waals surface area (Å²) < 4.78 is 17.4. The number of hydrogen-bond acceptors (Lipinski definition) is 6. The van der Waals surface area contributed by atoms with Gasteiger partial charge in [0.25, 0.3) is 5.56 Å². The second kappa shape index (κ2) is 8.34. The third kappa shape index (κ3) is 3.95. The maximum absolute atomic E-state index is 13.6. The zero-order valence-corrected chi connectivity index (χ0v) is 17.8. The highest BCUT2D eigenvalue weighted by molar-refractivity contribution is 5.80. The third-order valence-corrected chi connectivity index (χ3v) is 5.45. The Balaban J connectivity index is 1.95. The standard InChI is InChI=1S/C24H25NO6/c1-14(2)12-25-19-7-5-4-6-15(19)8-18(24(25)28)16(10-23(27)29-3)17-9-21-22(11-20(17)26)31-13-30-21/h4-9,11,14,16,26H,10,12-13H2,1-3H3/t16-/m1/s1. The molecule has 1 N–H and O–H groups in total. The van der Waals surface area contributed by atoms with Gasteiger partial charge in [-0.1, -0.05) is 32.0 Å². The van der Waals surface area contributed by atoms with Crippen LogP contribution in [0, 0.1) is 5.92 Å². The topological polar surface area (TPSA) is 87.0 Å². The van der Waals surface area contributed by atoms with Gasteiger partial charge in [0.15, 0.2) is 11.5 Å². The van der Waals surface area contributed by atoms with Gasteiger partial charge >= 0.3 is 5.97 Å². The molecule has 1 atom stereocenters. The summed E-state index contributed by atoms with van der Waals surface area (Å²) in [6.07, 6.45) is -0.0983. The number of nitrogens with zero attached hydrogens (tertiary/aromatic N) is 1. The van der Waals surface area contributed by atoms with Crippen molar-refractivity contribution < 1.29 is 24.1 Å². The molecule has 0 amide bonds. The molecule has 2 aromatic carbocycles. The van der Waals surface area contributed by atoms with E-state index >= 15 is 0 Å². The van der Waals surface area contributed by atoms with Crippen LogP contribution in [0.4, 0.5) is 0 Å². The van der Waals surface area contributed by atoms with Crippen molar-refractivity contribution >= 4 is 16.9 Å². The van der Waals surface area contributed by atoms with Crippen molar-refractivity contribution in [3.05, 3.63) is 63.9 Å². The number of aromatic hydroxyl groups is 1. The summed E-state index contributed by atoms with van der Waals surface area (Å²) in [5, 5.41) is 11.6. The van der Waals surface area contributed by atoms with E-state index in [0.717, 1.165) is 10.9 Å². The molecule has 162 valence electrons. The van der Waals surface area contributed by atoms with Crippen LogP contribution in [0.25, 0.3) is 10.9 Å². The zero-order valence-electron chi connectivity index (χ0n) is 17.8. The Hall–Kier alpha value is -3.48. The molecule has 0 fully saturated rings. The molecule has 3 aromatic rings. The zero-order chi connectivity index (χ0) is 22.1. The summed E-state index contributed by atoms with van der Waals surface area (Å²) in [6.45, 7) is 4.68. The molecule has 1 aliphatic rings. The highest BCUT2D eigenvalue weighted by Gasteiger charge is 2.28. The number of phenolic OH excluding ortho intramolecular Hbond substituents is 1. The van der Waals surface area contributed by atoms with Gasteiger partial charge in [-0.15, -0.1) is 0 Å². The minimum atomic E-state index is -0.711. The molecular weight excluding hydrogens is 398 g/mol. The number of esters is 1. The van der Waals surface area contributed by atoms with E-state index in [2.05, 4.69) is 0 Å². The van der Waals surface area contributed by atoms with Crippen molar-refractivity contribution in [1.82, 2.24) is 4.57 Å². The lowest BCUT2D eigenvalue weighted by atomic mass is 9.87. The summed E-state index contributed by atoms with van der Waals surface area (Å²) in [7, 11) is 1.30. The Labute approximate surface area is 179 Å². The highest BCUT2D eigenvalue weighted by atomic mass is 16.7. The molecule has 0 unspecified atom stereocenters. The van der Waals surface area contributed by atoms with Crippen LogP contribution in [-0.4, -0.2) is 29.5 Å². The van der Waals surface area contributed by atoms with Gasteiger partial charge in [0.2, 0.25) is 6.79 Å². The van der Waals surface area contributed by atoms with Crippen LogP contribution in [0.2, 0.25) is 0 Å². The number of ether oxygens (including phenoxy) is 3. The maximum atomic E-state index is 13.6. The summed E-state index contributed by atoms with van der Waals surface area (Å²) in [5.74, 6) is -0.127. The number of rotatable bonds is 6. The molecule has 0 radical (unpaired) electrons. The van der Waals surface area contributed by atoms with Crippen LogP contribution in [0.1, 0.15) is 37.3 Å². The SMILES string of the molecule is COC(=O)C[C@H](c1cc2c(cc1O)OCO2)c1cc2ccccc2n(CC(C)C)c1=O. The van der Waals surface area contributed by atoms with Gasteiger partial charge in [-0.05, 0) is 29.5 Å². The van der Waals surface area contributed by atoms with Crippen LogP contribution in [0.15, 0.2) is 47.3 Å². The largest absolute Gasteiger partial charge is 0.508 e. The van der Waals surface area contributed by atoms with Crippen LogP contribution < -0.4 is 15.0 Å². The first-order chi connectivity index (χ1) is 14.9. The summed E-state index contributed by atoms with van der Waals surface area (Å²) >= 11 is 0. The quantitative estimate of drug-likeness (QED) is 0.607. The number of aromatic nitrogens is 1. The molecule has 0 saturated carbocycles. The first-order valence-electron chi connectivity index (χ1n) is 10.2. The molecule has 1 aromatic heterocycles. The van der Waals surface area contributed by atoms with Crippen LogP contribution >= 0.6 is 0 Å². The number of para-hydroxylation sites is 1. The first kappa shape index (κ1) is 20.8. The van der Waals surface area contributed by atoms with Crippen molar-refractivity contribution in [3.8, 4) is 17.2 Å². The third-order valence-electron chi connectivity index (χ3n) is 5.45. The Bertz CT molecular complexity index is 1200. The van der Waals surface area contributed by atoms with Gasteiger partial charge in [0, 0.05) is 29.7 Å². The van der Waals surface area contributed by atoms with E-state index in [1.807, 2.05) is 38.1 Å². The smallest absolute Gasteiger partial charge is 0.306 e. The van der Waals surface area contributed by atoms with Gasteiger partial charge in [-0.3, -0.25) is 9.59 Å². The van der Waals surface area contributed by atoms with E-state index < -0.39 is 11.9 Å². The van der Waals surface area contributed by atoms with Gasteiger partial charge < -0.3 is 23.9 Å². The van der Waals surface area contributed by atoms with Crippen molar-refractivity contribution in [2.24, 2.45) is 5.92 Å². The molecule has 0 bridgehead atoms. The first-order valence-corrected chi connectivity index (χ1v) is 10.2. The fourth-order valence-electron chi connectivity index (χ4n) is 4.01. The second-order valence-corrected chi connectivity index (χ2v) is 8.07. The Morgan fingerprint density at radius 3 is 2.55 bits per heavy atom. The van der Waals surface area contributed by atoms with Gasteiger partial charge in [0.1, 0.15) is 5.75 Å². The van der Waals surface area contributed by atoms with E-state index in [0.29, 0.717) is 29.2 Å². The molecule has 0 spiro atoms. The number of carbonyl (C=O) groups excluding carboxylic acids is 1. The number of benzene rings is 2. The molecule has 0 saturated heterocycles. The summed E-state index contributed by atoms with van der Waals surface area (Å²) in [6, 6.07) is 12.5. The average molecular weight is 423 g/mol. The number of hydrogen-bond donors (Lipinski definition) is 1. The molecule has 7 heteroatoms. The van der Waals surface area contributed by atoms with Crippen molar-refractivity contribution in [2.75, 3.05) is 13.9 Å². The number of methoxy groups -OCH3 is 1. The van der Waals surface area contributed by atoms with Crippen LogP contribution in [-0.2, 0) is 16.1 Å². The van der Waals surface area contributed by atoms with Crippen molar-refractivity contribution in [2.45, 2.75) is 32.7 Å². The molecule has 31 heavy (non-hydrogen) atoms. The van der Waals surface area contributed by atoms with E-state index in [-0.39, 0.29) is 30.4 Å². The number of phenols is 1. The van der Waals surface area contributed by atoms with E-state index in [1.54, 1.807) is 16.7 Å². The Morgan fingerprint density at radius 1 is 1.13 bits per heavy atom. The highest BCUT2D eigenvalue weighted by Crippen LogP contribution is 2.43. The molecule has 1 aliphatic heterocycles. The number of carbonyl (C=O) groups is 1. The minimum Gasteiger partial charge on any atom is -0.508 e. The van der Waals surface area contributed by atoms with Gasteiger partial charge in [-0.2, -0.15) is 0 Å². The predicted molar refractivity (Wildman–Crippen MR) is 116 cm³/mol. The van der Waals surface area contributed by atoms with E-state index in [9.17, 15) is 14.7 Å². The van der Waals surface area contributed by atoms with Crippen molar-refractivity contribution in [3.63, 3.8) is 0 Å². The van der Waals surface area contributed by atoms with Gasteiger partial charge in [0.05, 0.1) is 19.0 Å². The Morgan fingerprint density at radius 2 is 1.84 bits per heavy atom. The molecule has 4 rings (SSSR count). The van der Waals surface area contributed by atoms with Crippen molar-refractivity contribution in [1.29, 1.82) is 0 Å². The summed E-state index contributed by atoms with van der Waals surface area (Å²) in [5.41, 5.74) is 1.46. The summed E-state index contributed by atoms with van der Waals surface area (Å²) in [4.78, 5) is 25.9. The molecule has 2 heterocycles. The van der Waals surface area contributed by atoms with E-state index in [1.165, 1.54) is 13.2 Å². The number of pyridine rings is 1.